The molecule has 44 valence electrons. The Labute approximate surface area is 62.0 Å². The molecule has 0 aliphatic carbocycles. The van der Waals surface area contributed by atoms with Gasteiger partial charge in [-0.3, -0.25) is 0 Å². The van der Waals surface area contributed by atoms with E-state index in [0.717, 1.165) is 0 Å². The monoisotopic (exact) mass is 182 g/mol. The molecule has 0 spiro atoms. The Bertz CT molecular complexity index is 29.1. The fraction of sp³-hybridized carbons (Fsp3) is 0. The van der Waals surface area contributed by atoms with E-state index in [9.17, 15) is 0 Å². The molecule has 0 radical (unpaired) electrons. The largest absolute Gasteiger partial charge is 0 e. The van der Waals surface area contributed by atoms with Crippen molar-refractivity contribution in [1.29, 1.82) is 0 Å². The van der Waals surface area contributed by atoms with Gasteiger partial charge in [0.05, 0.1) is 0 Å². The molecule has 0 rings (SSSR count). The van der Waals surface area contributed by atoms with Gasteiger partial charge in [0, 0.05) is 21.7 Å². The minimum absolute atomic E-state index is 0. The van der Waals surface area contributed by atoms with E-state index in [1.165, 1.54) is 0 Å². The van der Waals surface area contributed by atoms with Gasteiger partial charge in [-0.05, 0) is 0 Å². The zero-order valence-corrected chi connectivity index (χ0v) is 6.43. The molecule has 0 atom stereocenters. The van der Waals surface area contributed by atoms with Crippen molar-refractivity contribution in [3.8, 4) is 0 Å². The van der Waals surface area contributed by atoms with Crippen LogP contribution in [-0.2, 0) is 43.7 Å². The third kappa shape index (κ3) is 159. The predicted octanol–water partition coefficient (Wildman–Crippen LogP) is -2.89. The summed E-state index contributed by atoms with van der Waals surface area (Å²) in [6.45, 7) is 0. The summed E-state index contributed by atoms with van der Waals surface area (Å²) in [7, 11) is 0. The molecule has 0 heterocycles. The molecule has 0 bridgehead atoms. The second-order valence-corrected chi connectivity index (χ2v) is 1.17. The molecule has 0 aliphatic rings. The fourth-order valence-corrected chi connectivity index (χ4v) is 0. The van der Waals surface area contributed by atoms with Crippen molar-refractivity contribution >= 4 is 0 Å². The molecular weight excluding hydrogens is 176 g/mol. The first kappa shape index (κ1) is 24.4. The maximum Gasteiger partial charge on any atom is 0 e. The summed E-state index contributed by atoms with van der Waals surface area (Å²) < 4.78 is 23.2. The van der Waals surface area contributed by atoms with Crippen LogP contribution in [0.2, 0.25) is 0 Å². The predicted molar refractivity (Wildman–Crippen MR) is 12.4 cm³/mol. The van der Waals surface area contributed by atoms with Crippen LogP contribution in [0.15, 0.2) is 0 Å². The summed E-state index contributed by atoms with van der Waals surface area (Å²) in [5.41, 5.74) is 0. The molecule has 0 aromatic rings. The second kappa shape index (κ2) is 15.7. The van der Waals surface area contributed by atoms with Gasteiger partial charge in [-0.15, -0.1) is 0 Å². The first-order valence-corrected chi connectivity index (χ1v) is 2.69. The molecule has 0 aromatic carbocycles. The Hall–Kier alpha value is 1.07. The third-order valence-corrected chi connectivity index (χ3v) is 0. The van der Waals surface area contributed by atoms with E-state index < -0.39 is 18.6 Å². The number of hydrogen-bond donors (Lipinski definition) is 2. The van der Waals surface area contributed by atoms with Crippen molar-refractivity contribution in [3.05, 3.63) is 0 Å². The van der Waals surface area contributed by atoms with Gasteiger partial charge in [-0.25, -0.2) is 0 Å². The van der Waals surface area contributed by atoms with Crippen LogP contribution in [0.3, 0.4) is 0 Å². The van der Waals surface area contributed by atoms with Crippen molar-refractivity contribution in [3.63, 3.8) is 0 Å². The molecule has 0 aliphatic heterocycles. The summed E-state index contributed by atoms with van der Waals surface area (Å²) in [5, 5.41) is 0. The Morgan fingerprint density at radius 1 is 1.14 bits per heavy atom. The van der Waals surface area contributed by atoms with Crippen LogP contribution >= 0.6 is 0 Å². The summed E-state index contributed by atoms with van der Waals surface area (Å²) >= 11 is -3.58. The van der Waals surface area contributed by atoms with E-state index >= 15 is 0 Å². The van der Waals surface area contributed by atoms with Gasteiger partial charge in [0.2, 0.25) is 0 Å². The van der Waals surface area contributed by atoms with Crippen molar-refractivity contribution in [1.82, 2.24) is 0 Å². The normalized spacial score (nSPS) is 3.71. The van der Waals surface area contributed by atoms with Gasteiger partial charge in [0.15, 0.2) is 0 Å². The summed E-state index contributed by atoms with van der Waals surface area (Å²) in [6, 6.07) is 0. The van der Waals surface area contributed by atoms with E-state index in [2.05, 4.69) is 0 Å². The van der Waals surface area contributed by atoms with Crippen LogP contribution in [-0.4, -0.2) is 18.3 Å². The van der Waals surface area contributed by atoms with Crippen LogP contribution in [0, 0.1) is 0 Å². The molecule has 0 unspecified atom stereocenters. The number of hydrogen-bond acceptors (Lipinski definition) is 1. The second-order valence-electron chi connectivity index (χ2n) is 0.283. The summed E-state index contributed by atoms with van der Waals surface area (Å²) in [5.74, 6) is 0. The average Bonchev–Trinajstić information content (AvgIpc) is 0.811. The zero-order valence-electron chi connectivity index (χ0n) is 3.30. The van der Waals surface area contributed by atoms with Crippen LogP contribution in [0.1, 0.15) is 0 Å². The Morgan fingerprint density at radius 3 is 1.14 bits per heavy atom. The first-order valence-electron chi connectivity index (χ1n) is 0.651. The molecule has 5 nitrogen and oxygen atoms in total. The Kier molecular flexibility index (Phi) is 54.7. The topological polar surface area (TPSA) is 121 Å². The van der Waals surface area contributed by atoms with Crippen LogP contribution < -0.4 is 0 Å². The van der Waals surface area contributed by atoms with Gasteiger partial charge in [0.25, 0.3) is 0 Å². The maximum absolute atomic E-state index is 8.81. The number of rotatable bonds is 0. The molecule has 7 heteroatoms. The van der Waals surface area contributed by atoms with Crippen LogP contribution in [0.5, 0.6) is 0 Å². The molecule has 6 N–H and O–H groups in total. The van der Waals surface area contributed by atoms with E-state index in [1.807, 2.05) is 0 Å². The molecule has 0 fully saturated rings. The quantitative estimate of drug-likeness (QED) is 0.391. The molecule has 7 heavy (non-hydrogen) atoms. The van der Waals surface area contributed by atoms with Crippen molar-refractivity contribution < 1.29 is 62.0 Å². The third-order valence-electron chi connectivity index (χ3n) is 0. The van der Waals surface area contributed by atoms with Gasteiger partial charge >= 0.3 is 29.3 Å². The van der Waals surface area contributed by atoms with Crippen LogP contribution in [0.25, 0.3) is 0 Å². The van der Waals surface area contributed by atoms with E-state index in [-0.39, 0.29) is 32.7 Å². The maximum atomic E-state index is 8.81. The molecule has 0 amide bonds. The van der Waals surface area contributed by atoms with Gasteiger partial charge in [-0.2, -0.15) is 0 Å². The van der Waals surface area contributed by atoms with Crippen molar-refractivity contribution in [2.75, 3.05) is 0 Å². The molecule has 0 saturated heterocycles. The molecule has 0 saturated carbocycles. The smallest absolute Gasteiger partial charge is 0 e. The first-order chi connectivity index (χ1) is 1.73. The minimum Gasteiger partial charge on any atom is 0 e. The average molecular weight is 182 g/mol. The zero-order chi connectivity index (χ0) is 3.58. The van der Waals surface area contributed by atoms with Gasteiger partial charge in [-0.1, -0.05) is 0 Å². The van der Waals surface area contributed by atoms with Gasteiger partial charge in [0.1, 0.15) is 0 Å². The SMILES string of the molecule is O.O.[O]=[Ti]([OH])[OH].[Ti]. The van der Waals surface area contributed by atoms with Gasteiger partial charge < -0.3 is 11.0 Å². The summed E-state index contributed by atoms with van der Waals surface area (Å²) in [6.07, 6.45) is 0. The van der Waals surface area contributed by atoms with E-state index in [4.69, 9.17) is 10.7 Å². The Balaban J connectivity index is -0.0000000150. The standard InChI is InChI=1S/4H2O.O.2Ti/h4*1H2;;;/q;;;;;;+2/p-2. The van der Waals surface area contributed by atoms with Crippen LogP contribution in [0.4, 0.5) is 0 Å². The minimum atomic E-state index is -3.58. The Morgan fingerprint density at radius 2 is 1.14 bits per heavy atom. The summed E-state index contributed by atoms with van der Waals surface area (Å²) in [4.78, 5) is 0. The van der Waals surface area contributed by atoms with E-state index in [0.29, 0.717) is 0 Å². The fourth-order valence-electron chi connectivity index (χ4n) is 0. The van der Waals surface area contributed by atoms with Crippen molar-refractivity contribution in [2.45, 2.75) is 0 Å². The molecule has 0 aromatic heterocycles. The molecular formula is H6O5Ti2. The van der Waals surface area contributed by atoms with E-state index in [1.54, 1.807) is 0 Å². The van der Waals surface area contributed by atoms with Crippen molar-refractivity contribution in [2.24, 2.45) is 0 Å².